The zero-order valence-electron chi connectivity index (χ0n) is 11.3. The maximum absolute atomic E-state index is 5.61. The summed E-state index contributed by atoms with van der Waals surface area (Å²) in [5.74, 6) is 1.52. The van der Waals surface area contributed by atoms with Gasteiger partial charge in [0.05, 0.1) is 6.61 Å². The molecule has 0 saturated heterocycles. The third-order valence-electron chi connectivity index (χ3n) is 2.77. The van der Waals surface area contributed by atoms with Gasteiger partial charge in [-0.05, 0) is 36.2 Å². The first kappa shape index (κ1) is 14.7. The molecule has 0 bridgehead atoms. The summed E-state index contributed by atoms with van der Waals surface area (Å²) in [6.45, 7) is 1.41. The largest absolute Gasteiger partial charge is 0.494 e. The number of hydrazine groups is 1. The van der Waals surface area contributed by atoms with Crippen molar-refractivity contribution in [3.63, 3.8) is 0 Å². The number of para-hydroxylation sites is 1. The van der Waals surface area contributed by atoms with E-state index in [0.717, 1.165) is 24.4 Å². The summed E-state index contributed by atoms with van der Waals surface area (Å²) in [6.07, 6.45) is 0.867. The molecule has 0 atom stereocenters. The van der Waals surface area contributed by atoms with E-state index in [1.54, 1.807) is 0 Å². The second kappa shape index (κ2) is 8.46. The van der Waals surface area contributed by atoms with Crippen molar-refractivity contribution in [1.82, 2.24) is 5.43 Å². The van der Waals surface area contributed by atoms with Crippen LogP contribution >= 0.6 is 11.6 Å². The lowest BCUT2D eigenvalue weighted by Crippen LogP contribution is -2.20. The molecule has 2 rings (SSSR count). The number of ether oxygens (including phenoxy) is 1. The molecular weight excluding hydrogens is 272 g/mol. The minimum Gasteiger partial charge on any atom is -0.494 e. The number of benzene rings is 2. The summed E-state index contributed by atoms with van der Waals surface area (Å²) in [5.41, 5.74) is 8.58. The average Bonchev–Trinajstić information content (AvgIpc) is 2.50. The van der Waals surface area contributed by atoms with Gasteiger partial charge in [-0.1, -0.05) is 30.3 Å². The van der Waals surface area contributed by atoms with Gasteiger partial charge in [-0.25, -0.2) is 5.43 Å². The third-order valence-corrected chi connectivity index (χ3v) is 3.04. The van der Waals surface area contributed by atoms with E-state index >= 15 is 0 Å². The molecule has 20 heavy (non-hydrogen) atoms. The van der Waals surface area contributed by atoms with Crippen LogP contribution in [0.3, 0.4) is 0 Å². The lowest BCUT2D eigenvalue weighted by molar-refractivity contribution is 0.318. The molecule has 0 unspecified atom stereocenters. The molecule has 0 saturated carbocycles. The molecule has 0 amide bonds. The van der Waals surface area contributed by atoms with Gasteiger partial charge in [-0.15, -0.1) is 11.6 Å². The van der Waals surface area contributed by atoms with Crippen LogP contribution in [0.2, 0.25) is 0 Å². The fourth-order valence-electron chi connectivity index (χ4n) is 1.72. The van der Waals surface area contributed by atoms with Gasteiger partial charge in [0.2, 0.25) is 0 Å². The Balaban J connectivity index is 1.73. The van der Waals surface area contributed by atoms with Gasteiger partial charge in [0.1, 0.15) is 5.75 Å². The van der Waals surface area contributed by atoms with Gasteiger partial charge in [0.25, 0.3) is 0 Å². The van der Waals surface area contributed by atoms with Gasteiger partial charge in [-0.2, -0.15) is 0 Å². The molecule has 0 aliphatic heterocycles. The first-order valence-electron chi connectivity index (χ1n) is 6.70. The molecule has 0 aromatic heterocycles. The number of rotatable bonds is 8. The Hall–Kier alpha value is -1.71. The van der Waals surface area contributed by atoms with Crippen molar-refractivity contribution >= 4 is 17.3 Å². The highest BCUT2D eigenvalue weighted by Gasteiger charge is 1.96. The molecular formula is C16H19ClN2O. The summed E-state index contributed by atoms with van der Waals surface area (Å²) in [5, 5.41) is 0. The number of hydrogen-bond acceptors (Lipinski definition) is 3. The number of alkyl halides is 1. The first-order chi connectivity index (χ1) is 9.88. The van der Waals surface area contributed by atoms with Crippen LogP contribution < -0.4 is 15.6 Å². The van der Waals surface area contributed by atoms with Gasteiger partial charge in [0, 0.05) is 18.1 Å². The van der Waals surface area contributed by atoms with E-state index in [4.69, 9.17) is 16.3 Å². The van der Waals surface area contributed by atoms with E-state index in [1.165, 1.54) is 5.56 Å². The molecule has 0 spiro atoms. The molecule has 2 aromatic carbocycles. The van der Waals surface area contributed by atoms with E-state index in [1.807, 2.05) is 42.5 Å². The topological polar surface area (TPSA) is 33.3 Å². The van der Waals surface area contributed by atoms with Crippen LogP contribution in [-0.4, -0.2) is 12.5 Å². The molecule has 0 aliphatic rings. The molecule has 0 aliphatic carbocycles. The van der Waals surface area contributed by atoms with Crippen molar-refractivity contribution < 1.29 is 4.74 Å². The van der Waals surface area contributed by atoms with Crippen LogP contribution in [0.4, 0.5) is 5.69 Å². The van der Waals surface area contributed by atoms with E-state index in [0.29, 0.717) is 12.5 Å². The van der Waals surface area contributed by atoms with Crippen molar-refractivity contribution in [3.05, 3.63) is 60.2 Å². The standard InChI is InChI=1S/C16H19ClN2O/c17-11-4-12-20-16-9-7-14(8-10-16)13-18-19-15-5-2-1-3-6-15/h1-3,5-10,18-19H,4,11-13H2. The Morgan fingerprint density at radius 3 is 2.40 bits per heavy atom. The Labute approximate surface area is 124 Å². The lowest BCUT2D eigenvalue weighted by atomic mass is 10.2. The van der Waals surface area contributed by atoms with E-state index in [2.05, 4.69) is 23.0 Å². The summed E-state index contributed by atoms with van der Waals surface area (Å²) < 4.78 is 5.55. The highest BCUT2D eigenvalue weighted by atomic mass is 35.5. The zero-order chi connectivity index (χ0) is 14.0. The first-order valence-corrected chi connectivity index (χ1v) is 7.23. The summed E-state index contributed by atoms with van der Waals surface area (Å²) >= 11 is 5.61. The monoisotopic (exact) mass is 290 g/mol. The van der Waals surface area contributed by atoms with E-state index in [9.17, 15) is 0 Å². The highest BCUT2D eigenvalue weighted by molar-refractivity contribution is 6.17. The zero-order valence-corrected chi connectivity index (χ0v) is 12.1. The number of nitrogens with one attached hydrogen (secondary N) is 2. The van der Waals surface area contributed by atoms with Gasteiger partial charge in [0.15, 0.2) is 0 Å². The van der Waals surface area contributed by atoms with Crippen LogP contribution in [0.5, 0.6) is 5.75 Å². The number of hydrogen-bond donors (Lipinski definition) is 2. The van der Waals surface area contributed by atoms with Crippen LogP contribution in [0, 0.1) is 0 Å². The van der Waals surface area contributed by atoms with Crippen LogP contribution in [0.1, 0.15) is 12.0 Å². The third kappa shape index (κ3) is 5.11. The van der Waals surface area contributed by atoms with Crippen molar-refractivity contribution in [2.75, 3.05) is 17.9 Å². The minimum absolute atomic E-state index is 0.632. The summed E-state index contributed by atoms with van der Waals surface area (Å²) in [6, 6.07) is 18.1. The molecule has 0 heterocycles. The average molecular weight is 291 g/mol. The molecule has 2 N–H and O–H groups in total. The normalized spacial score (nSPS) is 10.2. The predicted octanol–water partition coefficient (Wildman–Crippen LogP) is 3.81. The lowest BCUT2D eigenvalue weighted by Gasteiger charge is -2.09. The maximum Gasteiger partial charge on any atom is 0.119 e. The summed E-state index contributed by atoms with van der Waals surface area (Å²) in [7, 11) is 0. The number of anilines is 1. The fraction of sp³-hybridized carbons (Fsp3) is 0.250. The second-order valence-electron chi connectivity index (χ2n) is 4.38. The van der Waals surface area contributed by atoms with Gasteiger partial charge in [-0.3, -0.25) is 0 Å². The molecule has 106 valence electrons. The van der Waals surface area contributed by atoms with Crippen LogP contribution in [-0.2, 0) is 6.54 Å². The van der Waals surface area contributed by atoms with Gasteiger partial charge >= 0.3 is 0 Å². The van der Waals surface area contributed by atoms with Crippen molar-refractivity contribution in [2.45, 2.75) is 13.0 Å². The maximum atomic E-state index is 5.61. The highest BCUT2D eigenvalue weighted by Crippen LogP contribution is 2.12. The van der Waals surface area contributed by atoms with Crippen molar-refractivity contribution in [3.8, 4) is 5.75 Å². The van der Waals surface area contributed by atoms with E-state index in [-0.39, 0.29) is 0 Å². The molecule has 4 heteroatoms. The Bertz CT molecular complexity index is 488. The Morgan fingerprint density at radius 2 is 1.70 bits per heavy atom. The smallest absolute Gasteiger partial charge is 0.119 e. The SMILES string of the molecule is ClCCCOc1ccc(CNNc2ccccc2)cc1. The van der Waals surface area contributed by atoms with E-state index < -0.39 is 0 Å². The molecule has 0 fully saturated rings. The summed E-state index contributed by atoms with van der Waals surface area (Å²) in [4.78, 5) is 0. The van der Waals surface area contributed by atoms with Crippen LogP contribution in [0.25, 0.3) is 0 Å². The van der Waals surface area contributed by atoms with Crippen LogP contribution in [0.15, 0.2) is 54.6 Å². The molecule has 2 aromatic rings. The quantitative estimate of drug-likeness (QED) is 0.441. The fourth-order valence-corrected chi connectivity index (χ4v) is 1.83. The van der Waals surface area contributed by atoms with Crippen molar-refractivity contribution in [2.24, 2.45) is 0 Å². The van der Waals surface area contributed by atoms with Crippen molar-refractivity contribution in [1.29, 1.82) is 0 Å². The minimum atomic E-state index is 0.632. The predicted molar refractivity (Wildman–Crippen MR) is 84.2 cm³/mol. The Kier molecular flexibility index (Phi) is 6.21. The van der Waals surface area contributed by atoms with Gasteiger partial charge < -0.3 is 10.2 Å². The molecule has 0 radical (unpaired) electrons. The number of halogens is 1. The molecule has 3 nitrogen and oxygen atoms in total. The second-order valence-corrected chi connectivity index (χ2v) is 4.76. The Morgan fingerprint density at radius 1 is 0.950 bits per heavy atom.